The topological polar surface area (TPSA) is 35.5 Å². The summed E-state index contributed by atoms with van der Waals surface area (Å²) < 4.78 is 0. The molecule has 0 spiro atoms. The Hall–Kier alpha value is -0.120. The highest BCUT2D eigenvalue weighted by atomic mass is 16.3. The Morgan fingerprint density at radius 1 is 1.27 bits per heavy atom. The molecule has 0 aliphatic carbocycles. The zero-order valence-corrected chi connectivity index (χ0v) is 10.8. The maximum atomic E-state index is 9.73. The number of aliphatic hydroxyl groups is 1. The number of aliphatic hydroxyl groups excluding tert-OH is 1. The minimum Gasteiger partial charge on any atom is -0.390 e. The van der Waals surface area contributed by atoms with Gasteiger partial charge in [-0.1, -0.05) is 27.2 Å². The van der Waals surface area contributed by atoms with E-state index in [1.54, 1.807) is 0 Å². The Labute approximate surface area is 94.9 Å². The number of nitrogens with zero attached hydrogens (tertiary/aromatic N) is 1. The normalized spacial score (nSPS) is 15.6. The van der Waals surface area contributed by atoms with E-state index in [1.807, 2.05) is 0 Å². The van der Waals surface area contributed by atoms with E-state index in [0.29, 0.717) is 12.5 Å². The first-order valence-electron chi connectivity index (χ1n) is 6.17. The average molecular weight is 216 g/mol. The van der Waals surface area contributed by atoms with Gasteiger partial charge in [-0.15, -0.1) is 0 Å². The van der Waals surface area contributed by atoms with Crippen molar-refractivity contribution >= 4 is 0 Å². The molecule has 0 amide bonds. The van der Waals surface area contributed by atoms with Crippen molar-refractivity contribution in [3.8, 4) is 0 Å². The standard InChI is InChI=1S/C12H28N2O/c1-5-7-13-8-12(15)10-14(4)9-11(3)6-2/h11-13,15H,5-10H2,1-4H3. The monoisotopic (exact) mass is 216 g/mol. The van der Waals surface area contributed by atoms with Gasteiger partial charge in [0.25, 0.3) is 0 Å². The molecule has 0 aliphatic heterocycles. The van der Waals surface area contributed by atoms with E-state index in [4.69, 9.17) is 0 Å². The third kappa shape index (κ3) is 8.85. The second-order valence-corrected chi connectivity index (χ2v) is 4.59. The average Bonchev–Trinajstić information content (AvgIpc) is 2.17. The Balaban J connectivity index is 3.52. The van der Waals surface area contributed by atoms with Crippen LogP contribution >= 0.6 is 0 Å². The summed E-state index contributed by atoms with van der Waals surface area (Å²) in [5.74, 6) is 0.714. The Morgan fingerprint density at radius 3 is 2.47 bits per heavy atom. The maximum Gasteiger partial charge on any atom is 0.0791 e. The van der Waals surface area contributed by atoms with Crippen LogP contribution in [0.4, 0.5) is 0 Å². The first-order valence-corrected chi connectivity index (χ1v) is 6.17. The van der Waals surface area contributed by atoms with Gasteiger partial charge in [-0.3, -0.25) is 0 Å². The van der Waals surface area contributed by atoms with Crippen LogP contribution in [0.15, 0.2) is 0 Å². The molecule has 2 N–H and O–H groups in total. The van der Waals surface area contributed by atoms with Crippen LogP contribution in [0.3, 0.4) is 0 Å². The van der Waals surface area contributed by atoms with Crippen LogP contribution in [0.25, 0.3) is 0 Å². The molecule has 0 aromatic heterocycles. The maximum absolute atomic E-state index is 9.73. The summed E-state index contributed by atoms with van der Waals surface area (Å²) in [6.45, 7) is 10.1. The molecule has 0 aromatic rings. The molecule has 0 aromatic carbocycles. The quantitative estimate of drug-likeness (QED) is 0.571. The van der Waals surface area contributed by atoms with Crippen LogP contribution in [0.2, 0.25) is 0 Å². The van der Waals surface area contributed by atoms with E-state index in [-0.39, 0.29) is 6.10 Å². The molecule has 0 saturated carbocycles. The third-order valence-corrected chi connectivity index (χ3v) is 2.65. The van der Waals surface area contributed by atoms with Crippen molar-refractivity contribution < 1.29 is 5.11 Å². The summed E-state index contributed by atoms with van der Waals surface area (Å²) in [6.07, 6.45) is 2.08. The van der Waals surface area contributed by atoms with Gasteiger partial charge in [-0.05, 0) is 25.9 Å². The minimum atomic E-state index is -0.245. The number of hydrogen-bond acceptors (Lipinski definition) is 3. The van der Waals surface area contributed by atoms with Gasteiger partial charge in [0.05, 0.1) is 6.10 Å². The second kappa shape index (κ2) is 9.13. The van der Waals surface area contributed by atoms with Crippen LogP contribution in [-0.2, 0) is 0 Å². The summed E-state index contributed by atoms with van der Waals surface area (Å²) in [7, 11) is 2.08. The van der Waals surface area contributed by atoms with Gasteiger partial charge in [0.1, 0.15) is 0 Å². The number of nitrogens with one attached hydrogen (secondary N) is 1. The lowest BCUT2D eigenvalue weighted by Crippen LogP contribution is -2.38. The molecule has 15 heavy (non-hydrogen) atoms. The summed E-state index contributed by atoms with van der Waals surface area (Å²) in [5.41, 5.74) is 0. The summed E-state index contributed by atoms with van der Waals surface area (Å²) in [5, 5.41) is 13.0. The summed E-state index contributed by atoms with van der Waals surface area (Å²) >= 11 is 0. The van der Waals surface area contributed by atoms with Crippen molar-refractivity contribution in [2.75, 3.05) is 33.2 Å². The molecule has 3 nitrogen and oxygen atoms in total. The fourth-order valence-electron chi connectivity index (χ4n) is 1.61. The van der Waals surface area contributed by atoms with E-state index in [1.165, 1.54) is 6.42 Å². The molecule has 92 valence electrons. The van der Waals surface area contributed by atoms with Crippen LogP contribution in [-0.4, -0.2) is 49.3 Å². The molecular weight excluding hydrogens is 188 g/mol. The number of rotatable bonds is 9. The number of likely N-dealkylation sites (N-methyl/N-ethyl adjacent to an activating group) is 1. The fraction of sp³-hybridized carbons (Fsp3) is 1.00. The van der Waals surface area contributed by atoms with E-state index in [0.717, 1.165) is 26.1 Å². The van der Waals surface area contributed by atoms with Gasteiger partial charge < -0.3 is 15.3 Å². The van der Waals surface area contributed by atoms with E-state index in [2.05, 4.69) is 38.0 Å². The smallest absolute Gasteiger partial charge is 0.0791 e. The SMILES string of the molecule is CCCNCC(O)CN(C)CC(C)CC. The molecule has 0 radical (unpaired) electrons. The summed E-state index contributed by atoms with van der Waals surface area (Å²) in [4.78, 5) is 2.21. The van der Waals surface area contributed by atoms with Crippen molar-refractivity contribution in [3.05, 3.63) is 0 Å². The Kier molecular flexibility index (Phi) is 9.06. The largest absolute Gasteiger partial charge is 0.390 e. The zero-order chi connectivity index (χ0) is 11.7. The molecular formula is C12H28N2O. The fourth-order valence-corrected chi connectivity index (χ4v) is 1.61. The molecule has 0 fully saturated rings. The van der Waals surface area contributed by atoms with Gasteiger partial charge in [-0.2, -0.15) is 0 Å². The highest BCUT2D eigenvalue weighted by molar-refractivity contribution is 4.65. The first-order chi connectivity index (χ1) is 7.10. The molecule has 0 saturated heterocycles. The van der Waals surface area contributed by atoms with Gasteiger partial charge >= 0.3 is 0 Å². The van der Waals surface area contributed by atoms with E-state index >= 15 is 0 Å². The van der Waals surface area contributed by atoms with Crippen molar-refractivity contribution in [2.24, 2.45) is 5.92 Å². The predicted molar refractivity (Wildman–Crippen MR) is 66.1 cm³/mol. The third-order valence-electron chi connectivity index (χ3n) is 2.65. The first kappa shape index (κ1) is 14.9. The second-order valence-electron chi connectivity index (χ2n) is 4.59. The molecule has 0 heterocycles. The Bertz CT molecular complexity index is 142. The molecule has 2 atom stereocenters. The summed E-state index contributed by atoms with van der Waals surface area (Å²) in [6, 6.07) is 0. The van der Waals surface area contributed by atoms with E-state index in [9.17, 15) is 5.11 Å². The lowest BCUT2D eigenvalue weighted by Gasteiger charge is -2.23. The van der Waals surface area contributed by atoms with Crippen LogP contribution in [0.1, 0.15) is 33.6 Å². The van der Waals surface area contributed by atoms with Gasteiger partial charge in [0.15, 0.2) is 0 Å². The molecule has 2 unspecified atom stereocenters. The molecule has 3 heteroatoms. The lowest BCUT2D eigenvalue weighted by molar-refractivity contribution is 0.117. The highest BCUT2D eigenvalue weighted by Crippen LogP contribution is 2.02. The van der Waals surface area contributed by atoms with Crippen molar-refractivity contribution in [1.29, 1.82) is 0 Å². The molecule has 0 rings (SSSR count). The Morgan fingerprint density at radius 2 is 1.93 bits per heavy atom. The zero-order valence-electron chi connectivity index (χ0n) is 10.8. The van der Waals surface area contributed by atoms with Crippen molar-refractivity contribution in [2.45, 2.75) is 39.7 Å². The lowest BCUT2D eigenvalue weighted by atomic mass is 10.1. The molecule has 0 aliphatic rings. The van der Waals surface area contributed by atoms with Crippen molar-refractivity contribution in [3.63, 3.8) is 0 Å². The van der Waals surface area contributed by atoms with Crippen LogP contribution < -0.4 is 5.32 Å². The van der Waals surface area contributed by atoms with E-state index < -0.39 is 0 Å². The van der Waals surface area contributed by atoms with Gasteiger partial charge in [0.2, 0.25) is 0 Å². The van der Waals surface area contributed by atoms with Gasteiger partial charge in [0, 0.05) is 19.6 Å². The van der Waals surface area contributed by atoms with Crippen LogP contribution in [0, 0.1) is 5.92 Å². The van der Waals surface area contributed by atoms with Crippen molar-refractivity contribution in [1.82, 2.24) is 10.2 Å². The van der Waals surface area contributed by atoms with Gasteiger partial charge in [-0.25, -0.2) is 0 Å². The van der Waals surface area contributed by atoms with Crippen LogP contribution in [0.5, 0.6) is 0 Å². The predicted octanol–water partition coefficient (Wildman–Crippen LogP) is 1.32. The molecule has 0 bridgehead atoms. The number of hydrogen-bond donors (Lipinski definition) is 2. The highest BCUT2D eigenvalue weighted by Gasteiger charge is 2.09. The minimum absolute atomic E-state index is 0.245.